The van der Waals surface area contributed by atoms with Crippen molar-refractivity contribution >= 4 is 33.0 Å². The topological polar surface area (TPSA) is 141 Å². The second-order valence-electron chi connectivity index (χ2n) is 6.66. The van der Waals surface area contributed by atoms with Crippen molar-refractivity contribution in [1.82, 2.24) is 15.3 Å². The number of aromatic nitrogens is 2. The summed E-state index contributed by atoms with van der Waals surface area (Å²) in [7, 11) is -4.50. The molecule has 3 N–H and O–H groups in total. The molecule has 170 valence electrons. The summed E-state index contributed by atoms with van der Waals surface area (Å²) in [4.78, 5) is 40.9. The van der Waals surface area contributed by atoms with Crippen molar-refractivity contribution in [1.29, 1.82) is 0 Å². The van der Waals surface area contributed by atoms with Crippen LogP contribution in [0.25, 0.3) is 0 Å². The zero-order valence-corrected chi connectivity index (χ0v) is 19.0. The van der Waals surface area contributed by atoms with Crippen LogP contribution in [0, 0.1) is 6.92 Å². The standard InChI is InChI=1S/C20H22N4O6S2/c1-3-30-15-8-6-14(7-9-15)24(12-17(25)21-11-16-5-4-10-31-16)32(28,29)18-13(2)22-20(27)23-19(18)26/h4-10H,3,11-12H2,1-2H3,(H,21,25)(H2,22,23,26,27). The van der Waals surface area contributed by atoms with Gasteiger partial charge in [-0.15, -0.1) is 11.3 Å². The minimum Gasteiger partial charge on any atom is -0.494 e. The lowest BCUT2D eigenvalue weighted by molar-refractivity contribution is -0.119. The van der Waals surface area contributed by atoms with Crippen molar-refractivity contribution in [2.24, 2.45) is 0 Å². The van der Waals surface area contributed by atoms with E-state index in [4.69, 9.17) is 4.74 Å². The zero-order valence-electron chi connectivity index (χ0n) is 17.4. The molecule has 0 unspecified atom stereocenters. The Labute approximate surface area is 187 Å². The Kier molecular flexibility index (Phi) is 7.15. The highest BCUT2D eigenvalue weighted by Gasteiger charge is 2.31. The van der Waals surface area contributed by atoms with Crippen LogP contribution in [0.5, 0.6) is 5.75 Å². The van der Waals surface area contributed by atoms with Crippen LogP contribution in [-0.2, 0) is 21.4 Å². The number of nitrogens with one attached hydrogen (secondary N) is 3. The molecule has 0 radical (unpaired) electrons. The van der Waals surface area contributed by atoms with Gasteiger partial charge in [0.1, 0.15) is 12.3 Å². The van der Waals surface area contributed by atoms with E-state index in [1.54, 1.807) is 12.1 Å². The van der Waals surface area contributed by atoms with Gasteiger partial charge in [-0.05, 0) is 49.6 Å². The Balaban J connectivity index is 1.98. The highest BCUT2D eigenvalue weighted by atomic mass is 32.2. The van der Waals surface area contributed by atoms with E-state index in [1.165, 1.54) is 30.4 Å². The predicted molar refractivity (Wildman–Crippen MR) is 121 cm³/mol. The molecule has 2 heterocycles. The second-order valence-corrected chi connectivity index (χ2v) is 9.49. The van der Waals surface area contributed by atoms with Crippen LogP contribution in [-0.4, -0.2) is 37.4 Å². The van der Waals surface area contributed by atoms with Crippen molar-refractivity contribution in [3.8, 4) is 5.75 Å². The number of H-pyrrole nitrogens is 2. The number of anilines is 1. The molecule has 0 spiro atoms. The van der Waals surface area contributed by atoms with Gasteiger partial charge in [0, 0.05) is 10.6 Å². The highest BCUT2D eigenvalue weighted by molar-refractivity contribution is 7.92. The number of thiophene rings is 1. The number of amides is 1. The van der Waals surface area contributed by atoms with Gasteiger partial charge in [0.2, 0.25) is 5.91 Å². The van der Waals surface area contributed by atoms with Crippen molar-refractivity contribution in [2.75, 3.05) is 17.5 Å². The van der Waals surface area contributed by atoms with Gasteiger partial charge >= 0.3 is 5.69 Å². The molecule has 12 heteroatoms. The summed E-state index contributed by atoms with van der Waals surface area (Å²) in [5.74, 6) is -0.0387. The normalized spacial score (nSPS) is 11.2. The van der Waals surface area contributed by atoms with E-state index in [-0.39, 0.29) is 17.9 Å². The molecule has 32 heavy (non-hydrogen) atoms. The molecule has 1 aromatic carbocycles. The smallest absolute Gasteiger partial charge is 0.325 e. The fraction of sp³-hybridized carbons (Fsp3) is 0.250. The molecule has 10 nitrogen and oxygen atoms in total. The molecule has 0 aliphatic heterocycles. The molecule has 0 fully saturated rings. The SMILES string of the molecule is CCOc1ccc(N(CC(=O)NCc2cccs2)S(=O)(=O)c2c(C)[nH]c(=O)[nH]c2=O)cc1. The van der Waals surface area contributed by atoms with E-state index in [9.17, 15) is 22.8 Å². The lowest BCUT2D eigenvalue weighted by atomic mass is 10.3. The molecule has 3 aromatic rings. The summed E-state index contributed by atoms with van der Waals surface area (Å²) in [6.07, 6.45) is 0. The molecule has 3 rings (SSSR count). The maximum Gasteiger partial charge on any atom is 0.325 e. The van der Waals surface area contributed by atoms with Crippen LogP contribution in [0.3, 0.4) is 0 Å². The van der Waals surface area contributed by atoms with Crippen LogP contribution in [0.1, 0.15) is 17.5 Å². The number of aromatic amines is 2. The number of carbonyl (C=O) groups is 1. The van der Waals surface area contributed by atoms with Crippen LogP contribution in [0.4, 0.5) is 5.69 Å². The number of benzene rings is 1. The Morgan fingerprint density at radius 1 is 1.16 bits per heavy atom. The monoisotopic (exact) mass is 478 g/mol. The first kappa shape index (κ1) is 23.3. The minimum atomic E-state index is -4.50. The van der Waals surface area contributed by atoms with Crippen LogP contribution in [0.15, 0.2) is 56.3 Å². The van der Waals surface area contributed by atoms with Crippen molar-refractivity contribution < 1.29 is 17.9 Å². The second kappa shape index (κ2) is 9.83. The number of carbonyl (C=O) groups excluding carboxylic acids is 1. The zero-order chi connectivity index (χ0) is 23.3. The van der Waals surface area contributed by atoms with Crippen molar-refractivity contribution in [3.63, 3.8) is 0 Å². The quantitative estimate of drug-likeness (QED) is 0.424. The fourth-order valence-electron chi connectivity index (χ4n) is 2.98. The number of rotatable bonds is 9. The van der Waals surface area contributed by atoms with E-state index in [0.717, 1.165) is 9.18 Å². The van der Waals surface area contributed by atoms with Gasteiger partial charge in [-0.3, -0.25) is 18.9 Å². The molecular formula is C20H22N4O6S2. The average molecular weight is 479 g/mol. The Morgan fingerprint density at radius 3 is 2.47 bits per heavy atom. The van der Waals surface area contributed by atoms with Gasteiger partial charge < -0.3 is 15.0 Å². The molecule has 0 aliphatic rings. The number of hydrogen-bond acceptors (Lipinski definition) is 7. The molecule has 2 aromatic heterocycles. The molecule has 0 aliphatic carbocycles. The van der Waals surface area contributed by atoms with Gasteiger partial charge in [-0.1, -0.05) is 6.07 Å². The van der Waals surface area contributed by atoms with E-state index in [1.807, 2.05) is 29.4 Å². The summed E-state index contributed by atoms with van der Waals surface area (Å²) in [6.45, 7) is 3.22. The van der Waals surface area contributed by atoms with Crippen molar-refractivity contribution in [3.05, 3.63) is 73.2 Å². The van der Waals surface area contributed by atoms with Gasteiger partial charge in [0.05, 0.1) is 18.8 Å². The Bertz CT molecular complexity index is 1300. The maximum absolute atomic E-state index is 13.4. The lowest BCUT2D eigenvalue weighted by Gasteiger charge is -2.24. The average Bonchev–Trinajstić information content (AvgIpc) is 3.24. The van der Waals surface area contributed by atoms with E-state index in [2.05, 4.69) is 10.3 Å². The summed E-state index contributed by atoms with van der Waals surface area (Å²) < 4.78 is 33.1. The summed E-state index contributed by atoms with van der Waals surface area (Å²) >= 11 is 1.45. The molecule has 0 saturated carbocycles. The minimum absolute atomic E-state index is 0.131. The van der Waals surface area contributed by atoms with E-state index < -0.39 is 38.6 Å². The van der Waals surface area contributed by atoms with Crippen molar-refractivity contribution in [2.45, 2.75) is 25.3 Å². The summed E-state index contributed by atoms with van der Waals surface area (Å²) in [5, 5.41) is 4.54. The third-order valence-electron chi connectivity index (χ3n) is 4.39. The largest absolute Gasteiger partial charge is 0.494 e. The summed E-state index contributed by atoms with van der Waals surface area (Å²) in [5.41, 5.74) is -1.87. The first-order valence-electron chi connectivity index (χ1n) is 9.60. The first-order chi connectivity index (χ1) is 15.2. The lowest BCUT2D eigenvalue weighted by Crippen LogP contribution is -2.43. The Hall–Kier alpha value is -3.38. The Morgan fingerprint density at radius 2 is 1.88 bits per heavy atom. The number of sulfonamides is 1. The van der Waals surface area contributed by atoms with E-state index >= 15 is 0 Å². The summed E-state index contributed by atoms with van der Waals surface area (Å²) in [6, 6.07) is 9.77. The van der Waals surface area contributed by atoms with Crippen LogP contribution < -0.4 is 25.6 Å². The number of ether oxygens (including phenoxy) is 1. The van der Waals surface area contributed by atoms with Gasteiger partial charge in [-0.25, -0.2) is 13.2 Å². The van der Waals surface area contributed by atoms with Gasteiger partial charge in [0.25, 0.3) is 15.6 Å². The van der Waals surface area contributed by atoms with Gasteiger partial charge in [0.15, 0.2) is 4.90 Å². The highest BCUT2D eigenvalue weighted by Crippen LogP contribution is 2.25. The van der Waals surface area contributed by atoms with Gasteiger partial charge in [-0.2, -0.15) is 0 Å². The molecular weight excluding hydrogens is 456 g/mol. The molecule has 0 saturated heterocycles. The molecule has 0 bridgehead atoms. The molecule has 0 atom stereocenters. The first-order valence-corrected chi connectivity index (χ1v) is 11.9. The number of nitrogens with zero attached hydrogens (tertiary/aromatic N) is 1. The molecule has 1 amide bonds. The van der Waals surface area contributed by atoms with E-state index in [0.29, 0.717) is 12.4 Å². The third-order valence-corrected chi connectivity index (χ3v) is 7.19. The third kappa shape index (κ3) is 5.26. The number of aryl methyl sites for hydroxylation is 1. The predicted octanol–water partition coefficient (Wildman–Crippen LogP) is 1.34. The van der Waals surface area contributed by atoms with Crippen LogP contribution >= 0.6 is 11.3 Å². The van der Waals surface area contributed by atoms with Crippen LogP contribution in [0.2, 0.25) is 0 Å². The fourth-order valence-corrected chi connectivity index (χ4v) is 5.26. The number of hydrogen-bond donors (Lipinski definition) is 3. The maximum atomic E-state index is 13.4.